The molecule has 21 heavy (non-hydrogen) atoms. The van der Waals surface area contributed by atoms with Crippen molar-refractivity contribution in [2.24, 2.45) is 5.92 Å². The second kappa shape index (κ2) is 8.07. The fourth-order valence-corrected chi connectivity index (χ4v) is 3.48. The van der Waals surface area contributed by atoms with Gasteiger partial charge in [0.15, 0.2) is 0 Å². The van der Waals surface area contributed by atoms with Gasteiger partial charge in [-0.1, -0.05) is 6.92 Å². The molecule has 0 amide bonds. The monoisotopic (exact) mass is 310 g/mol. The van der Waals surface area contributed by atoms with E-state index in [1.807, 2.05) is 11.8 Å². The number of anilines is 2. The molecule has 1 aliphatic rings. The molecule has 0 atom stereocenters. The molecular weight excluding hydrogens is 288 g/mol. The Hall–Kier alpha value is -1.50. The van der Waals surface area contributed by atoms with Crippen LogP contribution in [0.25, 0.3) is 0 Å². The zero-order valence-corrected chi connectivity index (χ0v) is 13.1. The van der Waals surface area contributed by atoms with E-state index in [0.29, 0.717) is 17.6 Å². The van der Waals surface area contributed by atoms with Gasteiger partial charge in [-0.2, -0.15) is 11.8 Å². The lowest BCUT2D eigenvalue weighted by molar-refractivity contribution is -0.384. The quantitative estimate of drug-likeness (QED) is 0.594. The first kappa shape index (κ1) is 15.9. The maximum Gasteiger partial charge on any atom is 0.311 e. The highest BCUT2D eigenvalue weighted by Crippen LogP contribution is 2.27. The van der Waals surface area contributed by atoms with Crippen LogP contribution in [-0.4, -0.2) is 34.5 Å². The van der Waals surface area contributed by atoms with Gasteiger partial charge in [-0.3, -0.25) is 10.1 Å². The van der Waals surface area contributed by atoms with Crippen LogP contribution in [0.3, 0.4) is 0 Å². The maximum atomic E-state index is 11.1. The van der Waals surface area contributed by atoms with Gasteiger partial charge in [0.2, 0.25) is 5.82 Å². The molecule has 7 heteroatoms. The van der Waals surface area contributed by atoms with Gasteiger partial charge < -0.3 is 10.6 Å². The topological polar surface area (TPSA) is 80.1 Å². The van der Waals surface area contributed by atoms with Gasteiger partial charge in [0.05, 0.1) is 4.92 Å². The number of hydrogen-bond donors (Lipinski definition) is 2. The Morgan fingerprint density at radius 1 is 1.38 bits per heavy atom. The number of nitrogens with zero attached hydrogens (tertiary/aromatic N) is 2. The molecule has 6 nitrogen and oxygen atoms in total. The molecule has 0 saturated carbocycles. The highest BCUT2D eigenvalue weighted by molar-refractivity contribution is 7.99. The van der Waals surface area contributed by atoms with Crippen LogP contribution in [0.4, 0.5) is 17.3 Å². The van der Waals surface area contributed by atoms with Gasteiger partial charge >= 0.3 is 5.69 Å². The minimum Gasteiger partial charge on any atom is -0.370 e. The van der Waals surface area contributed by atoms with Crippen LogP contribution in [0.5, 0.6) is 0 Å². The molecule has 1 saturated heterocycles. The van der Waals surface area contributed by atoms with Crippen LogP contribution in [0.15, 0.2) is 12.1 Å². The molecule has 0 spiro atoms. The summed E-state index contributed by atoms with van der Waals surface area (Å²) in [7, 11) is 0. The molecule has 116 valence electrons. The van der Waals surface area contributed by atoms with Crippen molar-refractivity contribution in [1.29, 1.82) is 0 Å². The lowest BCUT2D eigenvalue weighted by Crippen LogP contribution is -2.20. The molecule has 2 rings (SSSR count). The maximum absolute atomic E-state index is 11.1. The Morgan fingerprint density at radius 3 is 2.81 bits per heavy atom. The first-order valence-corrected chi connectivity index (χ1v) is 8.57. The molecule has 2 heterocycles. The Morgan fingerprint density at radius 2 is 2.14 bits per heavy atom. The summed E-state index contributed by atoms with van der Waals surface area (Å²) in [6.07, 6.45) is 3.32. The van der Waals surface area contributed by atoms with Crippen LogP contribution in [0.2, 0.25) is 0 Å². The van der Waals surface area contributed by atoms with Crippen molar-refractivity contribution < 1.29 is 4.92 Å². The minimum atomic E-state index is -0.379. The number of rotatable bonds is 7. The highest BCUT2D eigenvalue weighted by Gasteiger charge is 2.19. The molecule has 0 bridgehead atoms. The van der Waals surface area contributed by atoms with E-state index in [1.54, 1.807) is 6.07 Å². The van der Waals surface area contributed by atoms with Crippen molar-refractivity contribution in [3.8, 4) is 0 Å². The van der Waals surface area contributed by atoms with Gasteiger partial charge in [-0.15, -0.1) is 0 Å². The third-order valence-electron chi connectivity index (χ3n) is 3.53. The van der Waals surface area contributed by atoms with E-state index in [-0.39, 0.29) is 10.6 Å². The zero-order chi connectivity index (χ0) is 15.1. The van der Waals surface area contributed by atoms with E-state index in [2.05, 4.69) is 22.5 Å². The lowest BCUT2D eigenvalue weighted by atomic mass is 10.0. The normalized spacial score (nSPS) is 15.7. The summed E-state index contributed by atoms with van der Waals surface area (Å²) in [4.78, 5) is 15.1. The molecule has 1 fully saturated rings. The Labute approximate surface area is 129 Å². The van der Waals surface area contributed by atoms with Gasteiger partial charge in [-0.25, -0.2) is 4.98 Å². The third kappa shape index (κ3) is 4.77. The second-order valence-electron chi connectivity index (χ2n) is 5.18. The summed E-state index contributed by atoms with van der Waals surface area (Å²) >= 11 is 1.98. The summed E-state index contributed by atoms with van der Waals surface area (Å²) in [5, 5.41) is 17.4. The molecule has 0 radical (unpaired) electrons. The van der Waals surface area contributed by atoms with Crippen molar-refractivity contribution in [3.63, 3.8) is 0 Å². The molecule has 0 aliphatic carbocycles. The lowest BCUT2D eigenvalue weighted by Gasteiger charge is -2.21. The van der Waals surface area contributed by atoms with Crippen molar-refractivity contribution in [1.82, 2.24) is 4.98 Å². The van der Waals surface area contributed by atoms with E-state index in [4.69, 9.17) is 0 Å². The van der Waals surface area contributed by atoms with Crippen LogP contribution in [0.1, 0.15) is 26.2 Å². The van der Waals surface area contributed by atoms with Crippen molar-refractivity contribution >= 4 is 29.1 Å². The van der Waals surface area contributed by atoms with E-state index in [9.17, 15) is 10.1 Å². The molecule has 0 aromatic carbocycles. The largest absolute Gasteiger partial charge is 0.370 e. The predicted octanol–water partition coefficient (Wildman–Crippen LogP) is 3.37. The average molecular weight is 310 g/mol. The number of nitrogens with one attached hydrogen (secondary N) is 2. The zero-order valence-electron chi connectivity index (χ0n) is 12.3. The van der Waals surface area contributed by atoms with Crippen LogP contribution < -0.4 is 10.6 Å². The fraction of sp³-hybridized carbons (Fsp3) is 0.643. The number of pyridine rings is 1. The number of hydrogen-bond acceptors (Lipinski definition) is 6. The third-order valence-corrected chi connectivity index (χ3v) is 4.57. The number of nitro groups is 1. The first-order chi connectivity index (χ1) is 10.2. The fourth-order valence-electron chi connectivity index (χ4n) is 2.27. The Bertz CT molecular complexity index is 478. The summed E-state index contributed by atoms with van der Waals surface area (Å²) in [6, 6.07) is 3.18. The number of aromatic nitrogens is 1. The van der Waals surface area contributed by atoms with Gasteiger partial charge in [0.25, 0.3) is 0 Å². The number of thioether (sulfide) groups is 1. The average Bonchev–Trinajstić information content (AvgIpc) is 2.51. The van der Waals surface area contributed by atoms with Crippen LogP contribution >= 0.6 is 11.8 Å². The Kier molecular flexibility index (Phi) is 6.10. The van der Waals surface area contributed by atoms with E-state index >= 15 is 0 Å². The standard InChI is InChI=1S/C14H22N4O2S/c1-2-7-15-13-4-3-12(18(19)20)14(17-13)16-10-11-5-8-21-9-6-11/h3-4,11H,2,5-10H2,1H3,(H2,15,16,17). The second-order valence-corrected chi connectivity index (χ2v) is 6.41. The smallest absolute Gasteiger partial charge is 0.311 e. The predicted molar refractivity (Wildman–Crippen MR) is 88.2 cm³/mol. The first-order valence-electron chi connectivity index (χ1n) is 7.41. The molecule has 1 aromatic rings. The van der Waals surface area contributed by atoms with Gasteiger partial charge in [-0.05, 0) is 42.8 Å². The molecule has 0 unspecified atom stereocenters. The van der Waals surface area contributed by atoms with Crippen LogP contribution in [0, 0.1) is 16.0 Å². The summed E-state index contributed by atoms with van der Waals surface area (Å²) < 4.78 is 0. The van der Waals surface area contributed by atoms with Crippen molar-refractivity contribution in [2.45, 2.75) is 26.2 Å². The van der Waals surface area contributed by atoms with Gasteiger partial charge in [0, 0.05) is 19.2 Å². The Balaban J connectivity index is 2.04. The molecule has 1 aliphatic heterocycles. The summed E-state index contributed by atoms with van der Waals surface area (Å²) in [6.45, 7) is 3.63. The summed E-state index contributed by atoms with van der Waals surface area (Å²) in [5.41, 5.74) is 0.0437. The van der Waals surface area contributed by atoms with Gasteiger partial charge in [0.1, 0.15) is 5.82 Å². The van der Waals surface area contributed by atoms with Crippen molar-refractivity contribution in [2.75, 3.05) is 35.2 Å². The summed E-state index contributed by atoms with van der Waals surface area (Å²) in [5.74, 6) is 4.00. The van der Waals surface area contributed by atoms with E-state index < -0.39 is 0 Å². The minimum absolute atomic E-state index is 0.0437. The SMILES string of the molecule is CCCNc1ccc([N+](=O)[O-])c(NCC2CCSCC2)n1. The molecular formula is C14H22N4O2S. The van der Waals surface area contributed by atoms with E-state index in [1.165, 1.54) is 30.4 Å². The molecule has 1 aromatic heterocycles. The van der Waals surface area contributed by atoms with Crippen molar-refractivity contribution in [3.05, 3.63) is 22.2 Å². The van der Waals surface area contributed by atoms with Crippen LogP contribution in [-0.2, 0) is 0 Å². The molecule has 2 N–H and O–H groups in total. The highest BCUT2D eigenvalue weighted by atomic mass is 32.2. The van der Waals surface area contributed by atoms with E-state index in [0.717, 1.165) is 19.5 Å².